The third kappa shape index (κ3) is 2.39. The number of hydrogen-bond donors (Lipinski definition) is 1. The van der Waals surface area contributed by atoms with Gasteiger partial charge in [0.2, 0.25) is 0 Å². The molecule has 0 saturated carbocycles. The molecule has 0 bridgehead atoms. The Balaban J connectivity index is 2.33. The molecule has 0 spiro atoms. The van der Waals surface area contributed by atoms with Crippen molar-refractivity contribution < 1.29 is 8.42 Å². The molecule has 5 heteroatoms. The Morgan fingerprint density at radius 2 is 1.76 bits per heavy atom. The van der Waals surface area contributed by atoms with Gasteiger partial charge >= 0.3 is 0 Å². The summed E-state index contributed by atoms with van der Waals surface area (Å²) in [5, 5.41) is 0. The first-order valence-corrected chi connectivity index (χ1v) is 7.54. The Hall–Kier alpha value is -1.23. The van der Waals surface area contributed by atoms with Crippen LogP contribution in [0.4, 0.5) is 11.4 Å². The fraction of sp³-hybridized carbons (Fsp3) is 0.500. The van der Waals surface area contributed by atoms with Gasteiger partial charge in [-0.1, -0.05) is 6.07 Å². The zero-order valence-electron chi connectivity index (χ0n) is 10.2. The molecule has 1 heterocycles. The van der Waals surface area contributed by atoms with Gasteiger partial charge in [-0.3, -0.25) is 0 Å². The van der Waals surface area contributed by atoms with Gasteiger partial charge in [-0.25, -0.2) is 8.42 Å². The van der Waals surface area contributed by atoms with Crippen molar-refractivity contribution in [3.05, 3.63) is 23.3 Å². The predicted octanol–water partition coefficient (Wildman–Crippen LogP) is 1.12. The van der Waals surface area contributed by atoms with Crippen LogP contribution in [0.25, 0.3) is 0 Å². The van der Waals surface area contributed by atoms with Crippen molar-refractivity contribution in [3.8, 4) is 0 Å². The lowest BCUT2D eigenvalue weighted by Gasteiger charge is -2.31. The highest BCUT2D eigenvalue weighted by atomic mass is 32.2. The van der Waals surface area contributed by atoms with E-state index in [0.717, 1.165) is 22.5 Å². The average Bonchev–Trinajstić information content (AvgIpc) is 2.26. The highest BCUT2D eigenvalue weighted by Gasteiger charge is 2.23. The Bertz CT molecular complexity index is 524. The van der Waals surface area contributed by atoms with E-state index in [-0.39, 0.29) is 11.5 Å². The summed E-state index contributed by atoms with van der Waals surface area (Å²) in [7, 11) is -2.83. The van der Waals surface area contributed by atoms with Crippen molar-refractivity contribution in [2.24, 2.45) is 0 Å². The predicted molar refractivity (Wildman–Crippen MR) is 71.2 cm³/mol. The van der Waals surface area contributed by atoms with E-state index in [4.69, 9.17) is 5.73 Å². The molecular formula is C12H18N2O2S. The van der Waals surface area contributed by atoms with Gasteiger partial charge in [0.25, 0.3) is 0 Å². The van der Waals surface area contributed by atoms with Crippen LogP contribution in [0.2, 0.25) is 0 Å². The lowest BCUT2D eigenvalue weighted by molar-refractivity contribution is 0.586. The number of rotatable bonds is 1. The summed E-state index contributed by atoms with van der Waals surface area (Å²) in [5.74, 6) is 0.474. The first-order chi connectivity index (χ1) is 7.91. The normalized spacial score (nSPS) is 19.3. The van der Waals surface area contributed by atoms with Crippen LogP contribution in [0.5, 0.6) is 0 Å². The van der Waals surface area contributed by atoms with Crippen LogP contribution < -0.4 is 10.6 Å². The molecule has 4 nitrogen and oxygen atoms in total. The minimum absolute atomic E-state index is 0.237. The molecule has 0 atom stereocenters. The zero-order chi connectivity index (χ0) is 12.6. The molecule has 1 aromatic rings. The van der Waals surface area contributed by atoms with E-state index < -0.39 is 9.84 Å². The molecule has 0 aliphatic carbocycles. The maximum atomic E-state index is 11.4. The smallest absolute Gasteiger partial charge is 0.153 e. The van der Waals surface area contributed by atoms with E-state index in [2.05, 4.69) is 4.90 Å². The van der Waals surface area contributed by atoms with Gasteiger partial charge in [0.15, 0.2) is 9.84 Å². The van der Waals surface area contributed by atoms with Gasteiger partial charge in [0.1, 0.15) is 0 Å². The fourth-order valence-electron chi connectivity index (χ4n) is 2.27. The molecule has 1 saturated heterocycles. The molecule has 17 heavy (non-hydrogen) atoms. The maximum Gasteiger partial charge on any atom is 0.153 e. The molecule has 0 unspecified atom stereocenters. The standard InChI is InChI=1S/C12H18N2O2S/c1-9-3-4-11(13)10(2)12(9)14-5-7-17(15,16)8-6-14/h3-4H,5-8,13H2,1-2H3. The summed E-state index contributed by atoms with van der Waals surface area (Å²) in [4.78, 5) is 2.13. The fourth-order valence-corrected chi connectivity index (χ4v) is 3.48. The maximum absolute atomic E-state index is 11.4. The third-order valence-corrected chi connectivity index (χ3v) is 4.94. The van der Waals surface area contributed by atoms with Gasteiger partial charge < -0.3 is 10.6 Å². The van der Waals surface area contributed by atoms with Crippen molar-refractivity contribution in [3.63, 3.8) is 0 Å². The summed E-state index contributed by atoms with van der Waals surface area (Å²) in [6.45, 7) is 5.15. The van der Waals surface area contributed by atoms with Crippen molar-refractivity contribution in [1.82, 2.24) is 0 Å². The molecule has 0 aromatic heterocycles. The number of sulfone groups is 1. The first kappa shape index (κ1) is 12.2. The van der Waals surface area contributed by atoms with E-state index in [1.54, 1.807) is 0 Å². The van der Waals surface area contributed by atoms with Crippen LogP contribution >= 0.6 is 0 Å². The van der Waals surface area contributed by atoms with Gasteiger partial charge in [-0.05, 0) is 31.0 Å². The molecule has 2 rings (SSSR count). The average molecular weight is 254 g/mol. The van der Waals surface area contributed by atoms with Crippen molar-refractivity contribution in [2.75, 3.05) is 35.2 Å². The lowest BCUT2D eigenvalue weighted by atomic mass is 10.1. The Kier molecular flexibility index (Phi) is 3.03. The minimum Gasteiger partial charge on any atom is -0.398 e. The Labute approximate surface area is 102 Å². The number of nitrogens with zero attached hydrogens (tertiary/aromatic N) is 1. The van der Waals surface area contributed by atoms with Crippen molar-refractivity contribution in [1.29, 1.82) is 0 Å². The number of hydrogen-bond acceptors (Lipinski definition) is 4. The number of nitrogen functional groups attached to an aromatic ring is 1. The topological polar surface area (TPSA) is 63.4 Å². The van der Waals surface area contributed by atoms with E-state index in [9.17, 15) is 8.42 Å². The van der Waals surface area contributed by atoms with Crippen molar-refractivity contribution >= 4 is 21.2 Å². The second-order valence-corrected chi connectivity index (χ2v) is 6.89. The molecule has 1 aromatic carbocycles. The second kappa shape index (κ2) is 4.22. The third-order valence-electron chi connectivity index (χ3n) is 3.34. The van der Waals surface area contributed by atoms with Gasteiger partial charge in [-0.15, -0.1) is 0 Å². The summed E-state index contributed by atoms with van der Waals surface area (Å²) in [6, 6.07) is 3.88. The Morgan fingerprint density at radius 3 is 2.35 bits per heavy atom. The zero-order valence-corrected chi connectivity index (χ0v) is 11.0. The van der Waals surface area contributed by atoms with Crippen molar-refractivity contribution in [2.45, 2.75) is 13.8 Å². The molecule has 1 aliphatic heterocycles. The summed E-state index contributed by atoms with van der Waals surface area (Å²) < 4.78 is 22.8. The van der Waals surface area contributed by atoms with Crippen LogP contribution in [-0.2, 0) is 9.84 Å². The van der Waals surface area contributed by atoms with E-state index in [1.165, 1.54) is 0 Å². The highest BCUT2D eigenvalue weighted by molar-refractivity contribution is 7.91. The largest absolute Gasteiger partial charge is 0.398 e. The summed E-state index contributed by atoms with van der Waals surface area (Å²) in [5.41, 5.74) is 9.96. The second-order valence-electron chi connectivity index (χ2n) is 4.58. The number of nitrogens with two attached hydrogens (primary N) is 1. The summed E-state index contributed by atoms with van der Waals surface area (Å²) in [6.07, 6.45) is 0. The monoisotopic (exact) mass is 254 g/mol. The molecular weight excluding hydrogens is 236 g/mol. The van der Waals surface area contributed by atoms with E-state index >= 15 is 0 Å². The molecule has 0 radical (unpaired) electrons. The quantitative estimate of drug-likeness (QED) is 0.763. The SMILES string of the molecule is Cc1ccc(N)c(C)c1N1CCS(=O)(=O)CC1. The van der Waals surface area contributed by atoms with Gasteiger partial charge in [-0.2, -0.15) is 0 Å². The van der Waals surface area contributed by atoms with Crippen LogP contribution in [0, 0.1) is 13.8 Å². The number of anilines is 2. The molecule has 94 valence electrons. The van der Waals surface area contributed by atoms with Crippen LogP contribution in [0.3, 0.4) is 0 Å². The highest BCUT2D eigenvalue weighted by Crippen LogP contribution is 2.29. The van der Waals surface area contributed by atoms with E-state index in [1.807, 2.05) is 26.0 Å². The Morgan fingerprint density at radius 1 is 1.18 bits per heavy atom. The lowest BCUT2D eigenvalue weighted by Crippen LogP contribution is -2.41. The van der Waals surface area contributed by atoms with E-state index in [0.29, 0.717) is 13.1 Å². The molecule has 0 amide bonds. The molecule has 1 aliphatic rings. The van der Waals surface area contributed by atoms with Gasteiger partial charge in [0.05, 0.1) is 11.5 Å². The van der Waals surface area contributed by atoms with Crippen LogP contribution in [-0.4, -0.2) is 33.0 Å². The summed E-state index contributed by atoms with van der Waals surface area (Å²) >= 11 is 0. The number of benzene rings is 1. The van der Waals surface area contributed by atoms with Crippen LogP contribution in [0.1, 0.15) is 11.1 Å². The minimum atomic E-state index is -2.83. The molecule has 2 N–H and O–H groups in total. The van der Waals surface area contributed by atoms with Gasteiger partial charge in [0, 0.05) is 24.5 Å². The first-order valence-electron chi connectivity index (χ1n) is 5.72. The van der Waals surface area contributed by atoms with Crippen LogP contribution in [0.15, 0.2) is 12.1 Å². The number of aryl methyl sites for hydroxylation is 1. The molecule has 1 fully saturated rings.